The number of methoxy groups -OCH3 is 2. The third-order valence-electron chi connectivity index (χ3n) is 2.70. The van der Waals surface area contributed by atoms with Crippen LogP contribution < -0.4 is 0 Å². The summed E-state index contributed by atoms with van der Waals surface area (Å²) in [5.74, 6) is -0.444. The van der Waals surface area contributed by atoms with Gasteiger partial charge in [-0.15, -0.1) is 0 Å². The molecule has 0 aliphatic carbocycles. The zero-order valence-electron chi connectivity index (χ0n) is 11.6. The van der Waals surface area contributed by atoms with Crippen LogP contribution in [0.1, 0.15) is 27.2 Å². The van der Waals surface area contributed by atoms with Crippen molar-refractivity contribution in [1.29, 1.82) is 0 Å². The van der Waals surface area contributed by atoms with Crippen LogP contribution in [-0.4, -0.2) is 55.5 Å². The van der Waals surface area contributed by atoms with Crippen molar-refractivity contribution in [1.82, 2.24) is 4.90 Å². The molecule has 0 aromatic heterocycles. The van der Waals surface area contributed by atoms with Gasteiger partial charge in [-0.1, -0.05) is 0 Å². The second-order valence-electron chi connectivity index (χ2n) is 5.27. The summed E-state index contributed by atoms with van der Waals surface area (Å²) in [5.41, 5.74) is -0.594. The van der Waals surface area contributed by atoms with Gasteiger partial charge >= 0.3 is 12.1 Å². The molecule has 1 rings (SSSR count). The highest BCUT2D eigenvalue weighted by Crippen LogP contribution is 2.23. The molecule has 1 aliphatic rings. The van der Waals surface area contributed by atoms with Crippen molar-refractivity contribution in [3.8, 4) is 0 Å². The van der Waals surface area contributed by atoms with Gasteiger partial charge in [-0.3, -0.25) is 4.90 Å². The minimum Gasteiger partial charge on any atom is -0.467 e. The second-order valence-corrected chi connectivity index (χ2v) is 5.27. The normalized spacial score (nSPS) is 23.9. The van der Waals surface area contributed by atoms with Crippen LogP contribution in [0.25, 0.3) is 0 Å². The van der Waals surface area contributed by atoms with Crippen molar-refractivity contribution >= 4 is 12.1 Å². The average Bonchev–Trinajstić information content (AvgIpc) is 2.69. The van der Waals surface area contributed by atoms with E-state index in [1.165, 1.54) is 12.0 Å². The van der Waals surface area contributed by atoms with Gasteiger partial charge in [-0.2, -0.15) is 0 Å². The number of ether oxygens (including phenoxy) is 3. The van der Waals surface area contributed by atoms with Crippen molar-refractivity contribution in [3.05, 3.63) is 0 Å². The molecule has 0 saturated carbocycles. The Kier molecular flexibility index (Phi) is 4.56. The third kappa shape index (κ3) is 3.60. The number of hydrogen-bond donors (Lipinski definition) is 0. The molecule has 1 fully saturated rings. The minimum absolute atomic E-state index is 0.165. The first-order valence-corrected chi connectivity index (χ1v) is 5.88. The number of rotatable bonds is 2. The molecule has 0 unspecified atom stereocenters. The van der Waals surface area contributed by atoms with Crippen molar-refractivity contribution in [3.63, 3.8) is 0 Å². The van der Waals surface area contributed by atoms with E-state index < -0.39 is 23.7 Å². The minimum atomic E-state index is -0.630. The first kappa shape index (κ1) is 14.8. The molecular formula is C12H21NO5. The molecule has 0 N–H and O–H groups in total. The molecule has 0 bridgehead atoms. The predicted molar refractivity (Wildman–Crippen MR) is 64.2 cm³/mol. The lowest BCUT2D eigenvalue weighted by Gasteiger charge is -2.27. The molecule has 0 spiro atoms. The lowest BCUT2D eigenvalue weighted by molar-refractivity contribution is -0.145. The number of nitrogens with zero attached hydrogens (tertiary/aromatic N) is 1. The number of carbonyl (C=O) groups is 2. The zero-order valence-corrected chi connectivity index (χ0v) is 11.6. The first-order valence-electron chi connectivity index (χ1n) is 5.88. The van der Waals surface area contributed by atoms with E-state index in [0.717, 1.165) is 0 Å². The highest BCUT2D eigenvalue weighted by atomic mass is 16.6. The van der Waals surface area contributed by atoms with Gasteiger partial charge < -0.3 is 14.2 Å². The summed E-state index contributed by atoms with van der Waals surface area (Å²) < 4.78 is 15.1. The Morgan fingerprint density at radius 1 is 1.22 bits per heavy atom. The molecule has 0 radical (unpaired) electrons. The molecule has 1 saturated heterocycles. The maximum Gasteiger partial charge on any atom is 0.411 e. The maximum atomic E-state index is 12.0. The molecule has 18 heavy (non-hydrogen) atoms. The van der Waals surface area contributed by atoms with Gasteiger partial charge in [0.1, 0.15) is 11.6 Å². The molecule has 1 amide bonds. The summed E-state index contributed by atoms with van der Waals surface area (Å²) in [5, 5.41) is 0. The number of amides is 1. The Morgan fingerprint density at radius 2 is 1.83 bits per heavy atom. The molecule has 1 heterocycles. The fourth-order valence-corrected chi connectivity index (χ4v) is 1.85. The lowest BCUT2D eigenvalue weighted by atomic mass is 10.2. The van der Waals surface area contributed by atoms with E-state index in [-0.39, 0.29) is 6.10 Å². The Bertz CT molecular complexity index is 323. The summed E-state index contributed by atoms with van der Waals surface area (Å²) in [4.78, 5) is 25.0. The molecule has 1 aliphatic heterocycles. The predicted octanol–water partition coefficient (Wildman–Crippen LogP) is 1.18. The summed E-state index contributed by atoms with van der Waals surface area (Å²) in [7, 11) is 2.85. The van der Waals surface area contributed by atoms with Crippen LogP contribution in [0.15, 0.2) is 0 Å². The monoisotopic (exact) mass is 259 g/mol. The molecule has 0 aromatic rings. The van der Waals surface area contributed by atoms with Crippen molar-refractivity contribution in [2.75, 3.05) is 20.8 Å². The SMILES string of the molecule is COC(=O)[C@H]1C[C@H](OC)CN1C(=O)OC(C)(C)C. The highest BCUT2D eigenvalue weighted by Gasteiger charge is 2.42. The smallest absolute Gasteiger partial charge is 0.411 e. The third-order valence-corrected chi connectivity index (χ3v) is 2.70. The molecule has 6 nitrogen and oxygen atoms in total. The van der Waals surface area contributed by atoms with Crippen LogP contribution in [0.3, 0.4) is 0 Å². The van der Waals surface area contributed by atoms with E-state index >= 15 is 0 Å². The van der Waals surface area contributed by atoms with E-state index in [1.807, 2.05) is 0 Å². The number of hydrogen-bond acceptors (Lipinski definition) is 5. The highest BCUT2D eigenvalue weighted by molar-refractivity contribution is 5.82. The van der Waals surface area contributed by atoms with Gasteiger partial charge in [-0.05, 0) is 20.8 Å². The van der Waals surface area contributed by atoms with E-state index in [2.05, 4.69) is 0 Å². The van der Waals surface area contributed by atoms with Gasteiger partial charge in [-0.25, -0.2) is 9.59 Å². The Labute approximate surface area is 107 Å². The van der Waals surface area contributed by atoms with Crippen LogP contribution in [-0.2, 0) is 19.0 Å². The largest absolute Gasteiger partial charge is 0.467 e. The molecule has 0 aromatic carbocycles. The summed E-state index contributed by atoms with van der Waals surface area (Å²) in [6.45, 7) is 5.68. The van der Waals surface area contributed by atoms with E-state index in [9.17, 15) is 9.59 Å². The van der Waals surface area contributed by atoms with E-state index in [4.69, 9.17) is 14.2 Å². The van der Waals surface area contributed by atoms with Crippen LogP contribution in [0.4, 0.5) is 4.79 Å². The first-order chi connectivity index (χ1) is 8.28. The molecule has 2 atom stereocenters. The maximum absolute atomic E-state index is 12.0. The topological polar surface area (TPSA) is 65.1 Å². The van der Waals surface area contributed by atoms with Gasteiger partial charge in [0.05, 0.1) is 19.8 Å². The Balaban J connectivity index is 2.77. The Morgan fingerprint density at radius 3 is 2.28 bits per heavy atom. The van der Waals surface area contributed by atoms with Crippen LogP contribution >= 0.6 is 0 Å². The van der Waals surface area contributed by atoms with Crippen LogP contribution in [0.5, 0.6) is 0 Å². The number of carbonyl (C=O) groups excluding carboxylic acids is 2. The quantitative estimate of drug-likeness (QED) is 0.697. The van der Waals surface area contributed by atoms with Crippen LogP contribution in [0, 0.1) is 0 Å². The van der Waals surface area contributed by atoms with Gasteiger partial charge in [0.2, 0.25) is 0 Å². The second kappa shape index (κ2) is 5.56. The standard InChI is InChI=1S/C12H21NO5/c1-12(2,3)18-11(15)13-7-8(16-4)6-9(13)10(14)17-5/h8-9H,6-7H2,1-5H3/t8-,9+/m0/s1. The molecular weight excluding hydrogens is 238 g/mol. The number of esters is 1. The van der Waals surface area contributed by atoms with Gasteiger partial charge in [0, 0.05) is 13.5 Å². The Hall–Kier alpha value is -1.30. The zero-order chi connectivity index (χ0) is 13.9. The average molecular weight is 259 g/mol. The fraction of sp³-hybridized carbons (Fsp3) is 0.833. The summed E-state index contributed by atoms with van der Waals surface area (Å²) in [6, 6.07) is -0.630. The van der Waals surface area contributed by atoms with E-state index in [0.29, 0.717) is 13.0 Å². The summed E-state index contributed by atoms with van der Waals surface area (Å²) in [6.07, 6.45) is -0.248. The van der Waals surface area contributed by atoms with Crippen LogP contribution in [0.2, 0.25) is 0 Å². The lowest BCUT2D eigenvalue weighted by Crippen LogP contribution is -2.44. The summed E-state index contributed by atoms with van der Waals surface area (Å²) >= 11 is 0. The van der Waals surface area contributed by atoms with Crippen molar-refractivity contribution < 1.29 is 23.8 Å². The van der Waals surface area contributed by atoms with Crippen molar-refractivity contribution in [2.24, 2.45) is 0 Å². The molecule has 104 valence electrons. The molecule has 6 heteroatoms. The number of likely N-dealkylation sites (tertiary alicyclic amines) is 1. The fourth-order valence-electron chi connectivity index (χ4n) is 1.85. The van der Waals surface area contributed by atoms with Crippen molar-refractivity contribution in [2.45, 2.75) is 44.9 Å². The van der Waals surface area contributed by atoms with E-state index in [1.54, 1.807) is 27.9 Å². The van der Waals surface area contributed by atoms with Gasteiger partial charge in [0.25, 0.3) is 0 Å². The van der Waals surface area contributed by atoms with Gasteiger partial charge in [0.15, 0.2) is 0 Å².